The fourth-order valence-corrected chi connectivity index (χ4v) is 1.89. The van der Waals surface area contributed by atoms with Crippen LogP contribution in [0.1, 0.15) is 46.5 Å². The van der Waals surface area contributed by atoms with Crippen LogP contribution in [0.2, 0.25) is 0 Å². The van der Waals surface area contributed by atoms with Gasteiger partial charge in [0, 0.05) is 18.4 Å². The first-order valence-electron chi connectivity index (χ1n) is 5.69. The van der Waals surface area contributed by atoms with Crippen LogP contribution in [0.5, 0.6) is 0 Å². The number of hydrogen-bond acceptors (Lipinski definition) is 2. The summed E-state index contributed by atoms with van der Waals surface area (Å²) < 4.78 is 5.72. The van der Waals surface area contributed by atoms with Gasteiger partial charge in [-0.15, -0.1) is 0 Å². The maximum atomic E-state index is 5.72. The van der Waals surface area contributed by atoms with Gasteiger partial charge in [0.2, 0.25) is 0 Å². The van der Waals surface area contributed by atoms with E-state index < -0.39 is 0 Å². The number of hydrogen-bond donors (Lipinski definition) is 1. The van der Waals surface area contributed by atoms with E-state index in [1.54, 1.807) is 0 Å². The van der Waals surface area contributed by atoms with E-state index in [2.05, 4.69) is 20.8 Å². The van der Waals surface area contributed by atoms with Gasteiger partial charge in [-0.3, -0.25) is 0 Å². The second kappa shape index (κ2) is 4.79. The van der Waals surface area contributed by atoms with Crippen LogP contribution in [-0.2, 0) is 4.74 Å². The van der Waals surface area contributed by atoms with Crippen molar-refractivity contribution in [1.29, 1.82) is 0 Å². The van der Waals surface area contributed by atoms with Crippen LogP contribution in [0.4, 0.5) is 0 Å². The summed E-state index contributed by atoms with van der Waals surface area (Å²) in [6.07, 6.45) is 4.41. The lowest BCUT2D eigenvalue weighted by Crippen LogP contribution is -2.20. The molecule has 15 heavy (non-hydrogen) atoms. The third-order valence-electron chi connectivity index (χ3n) is 2.91. The normalized spacial score (nSPS) is 18.9. The first-order valence-corrected chi connectivity index (χ1v) is 6.10. The van der Waals surface area contributed by atoms with E-state index in [1.807, 2.05) is 0 Å². The Morgan fingerprint density at radius 1 is 1.40 bits per heavy atom. The molecule has 0 spiro atoms. The van der Waals surface area contributed by atoms with Crippen LogP contribution in [0, 0.1) is 10.8 Å². The summed E-state index contributed by atoms with van der Waals surface area (Å²) in [7, 11) is 0. The minimum Gasteiger partial charge on any atom is -0.393 e. The molecule has 0 aromatic rings. The predicted octanol–water partition coefficient (Wildman–Crippen LogP) is 2.90. The average molecular weight is 229 g/mol. The molecule has 0 amide bonds. The molecule has 1 fully saturated rings. The average Bonchev–Trinajstić information content (AvgIpc) is 2.76. The lowest BCUT2D eigenvalue weighted by molar-refractivity contribution is 0.0738. The largest absolute Gasteiger partial charge is 0.393 e. The molecule has 88 valence electrons. The molecule has 0 aliphatic heterocycles. The molecule has 2 nitrogen and oxygen atoms in total. The van der Waals surface area contributed by atoms with Gasteiger partial charge in [0.1, 0.15) is 0 Å². The third kappa shape index (κ3) is 5.47. The maximum absolute atomic E-state index is 5.72. The Kier molecular flexibility index (Phi) is 4.13. The van der Waals surface area contributed by atoms with Crippen molar-refractivity contribution in [3.63, 3.8) is 0 Å². The van der Waals surface area contributed by atoms with Crippen LogP contribution in [-0.4, -0.2) is 18.2 Å². The van der Waals surface area contributed by atoms with Gasteiger partial charge in [-0.2, -0.15) is 0 Å². The van der Waals surface area contributed by atoms with Crippen molar-refractivity contribution in [3.8, 4) is 0 Å². The minimum atomic E-state index is 0.309. The second-order valence-electron chi connectivity index (χ2n) is 6.01. The Hall–Kier alpha value is -0.150. The van der Waals surface area contributed by atoms with Gasteiger partial charge < -0.3 is 10.5 Å². The van der Waals surface area contributed by atoms with E-state index in [0.717, 1.165) is 26.1 Å². The van der Waals surface area contributed by atoms with Crippen molar-refractivity contribution >= 4 is 17.2 Å². The first kappa shape index (κ1) is 12.9. The first-order chi connectivity index (χ1) is 6.83. The Morgan fingerprint density at radius 3 is 2.40 bits per heavy atom. The highest BCUT2D eigenvalue weighted by Gasteiger charge is 2.43. The van der Waals surface area contributed by atoms with Crippen molar-refractivity contribution in [2.75, 3.05) is 13.2 Å². The summed E-state index contributed by atoms with van der Waals surface area (Å²) in [5, 5.41) is 0. The van der Waals surface area contributed by atoms with Crippen LogP contribution in [0.3, 0.4) is 0 Å². The molecule has 0 aromatic carbocycles. The van der Waals surface area contributed by atoms with E-state index in [-0.39, 0.29) is 0 Å². The van der Waals surface area contributed by atoms with Gasteiger partial charge in [0.05, 0.1) is 11.6 Å². The molecule has 1 rings (SSSR count). The van der Waals surface area contributed by atoms with Gasteiger partial charge in [0.15, 0.2) is 0 Å². The van der Waals surface area contributed by atoms with Crippen molar-refractivity contribution in [2.45, 2.75) is 46.5 Å². The maximum Gasteiger partial charge on any atom is 0.0733 e. The van der Waals surface area contributed by atoms with E-state index in [0.29, 0.717) is 15.8 Å². The Balaban J connectivity index is 2.12. The predicted molar refractivity (Wildman–Crippen MR) is 68.0 cm³/mol. The van der Waals surface area contributed by atoms with E-state index >= 15 is 0 Å². The molecule has 1 aliphatic carbocycles. The summed E-state index contributed by atoms with van der Waals surface area (Å²) in [5.41, 5.74) is 6.24. The highest BCUT2D eigenvalue weighted by atomic mass is 32.1. The Labute approximate surface area is 98.6 Å². The zero-order chi connectivity index (χ0) is 11.5. The zero-order valence-electron chi connectivity index (χ0n) is 10.1. The molecule has 1 saturated carbocycles. The van der Waals surface area contributed by atoms with E-state index in [9.17, 15) is 0 Å². The van der Waals surface area contributed by atoms with E-state index in [4.69, 9.17) is 22.7 Å². The van der Waals surface area contributed by atoms with Crippen molar-refractivity contribution in [1.82, 2.24) is 0 Å². The molecule has 0 saturated heterocycles. The quantitative estimate of drug-likeness (QED) is 0.562. The third-order valence-corrected chi connectivity index (χ3v) is 3.06. The molecule has 0 unspecified atom stereocenters. The zero-order valence-corrected chi connectivity index (χ0v) is 11.0. The number of rotatable bonds is 6. The monoisotopic (exact) mass is 229 g/mol. The van der Waals surface area contributed by atoms with Gasteiger partial charge >= 0.3 is 0 Å². The summed E-state index contributed by atoms with van der Waals surface area (Å²) in [4.78, 5) is 0.631. The summed E-state index contributed by atoms with van der Waals surface area (Å²) in [6.45, 7) is 8.39. The number of thiocarbonyl (C=S) groups is 1. The lowest BCUT2D eigenvalue weighted by Gasteiger charge is -2.19. The van der Waals surface area contributed by atoms with Crippen LogP contribution >= 0.6 is 12.2 Å². The SMILES string of the molecule is CC(C)(C)CCOCC1(CC(N)=S)CC1. The molecule has 0 aromatic heterocycles. The van der Waals surface area contributed by atoms with Gasteiger partial charge in [0.25, 0.3) is 0 Å². The fourth-order valence-electron chi connectivity index (χ4n) is 1.59. The van der Waals surface area contributed by atoms with Crippen LogP contribution in [0.25, 0.3) is 0 Å². The van der Waals surface area contributed by atoms with Crippen molar-refractivity contribution in [2.24, 2.45) is 16.6 Å². The fraction of sp³-hybridized carbons (Fsp3) is 0.917. The van der Waals surface area contributed by atoms with Crippen LogP contribution < -0.4 is 5.73 Å². The number of ether oxygens (including phenoxy) is 1. The Bertz CT molecular complexity index is 228. The summed E-state index contributed by atoms with van der Waals surface area (Å²) in [6, 6.07) is 0. The Morgan fingerprint density at radius 2 is 2.00 bits per heavy atom. The smallest absolute Gasteiger partial charge is 0.0733 e. The molecule has 1 aliphatic rings. The summed E-state index contributed by atoms with van der Waals surface area (Å²) in [5.74, 6) is 0. The van der Waals surface area contributed by atoms with Gasteiger partial charge in [-0.1, -0.05) is 33.0 Å². The van der Waals surface area contributed by atoms with Gasteiger partial charge in [-0.25, -0.2) is 0 Å². The topological polar surface area (TPSA) is 35.2 Å². The molecule has 2 N–H and O–H groups in total. The number of nitrogens with two attached hydrogens (primary N) is 1. The molecular weight excluding hydrogens is 206 g/mol. The molecule has 0 heterocycles. The van der Waals surface area contributed by atoms with Crippen molar-refractivity contribution < 1.29 is 4.74 Å². The summed E-state index contributed by atoms with van der Waals surface area (Å²) >= 11 is 4.94. The standard InChI is InChI=1S/C12H23NOS/c1-11(2,3)6-7-14-9-12(4-5-12)8-10(13)15/h4-9H2,1-3H3,(H2,13,15). The minimum absolute atomic E-state index is 0.309. The van der Waals surface area contributed by atoms with Gasteiger partial charge in [-0.05, 0) is 24.7 Å². The molecule has 0 bridgehead atoms. The molecule has 3 heteroatoms. The molecule has 0 atom stereocenters. The highest BCUT2D eigenvalue weighted by molar-refractivity contribution is 7.80. The second-order valence-corrected chi connectivity index (χ2v) is 6.53. The van der Waals surface area contributed by atoms with Crippen LogP contribution in [0.15, 0.2) is 0 Å². The van der Waals surface area contributed by atoms with Crippen molar-refractivity contribution in [3.05, 3.63) is 0 Å². The highest BCUT2D eigenvalue weighted by Crippen LogP contribution is 2.49. The molecular formula is C12H23NOS. The van der Waals surface area contributed by atoms with E-state index in [1.165, 1.54) is 12.8 Å². The molecule has 0 radical (unpaired) electrons. The lowest BCUT2D eigenvalue weighted by atomic mass is 9.93.